The molecule has 0 aliphatic heterocycles. The van der Waals surface area contributed by atoms with Gasteiger partial charge in [-0.3, -0.25) is 0 Å². The zero-order valence-electron chi connectivity index (χ0n) is 9.67. The molecule has 1 saturated carbocycles. The number of anilines is 2. The quantitative estimate of drug-likeness (QED) is 0.767. The average Bonchev–Trinajstić information content (AvgIpc) is 2.25. The highest BCUT2D eigenvalue weighted by molar-refractivity contribution is 6.33. The second-order valence-corrected chi connectivity index (χ2v) is 5.16. The van der Waals surface area contributed by atoms with Crippen LogP contribution in [0.4, 0.5) is 11.4 Å². The Morgan fingerprint density at radius 3 is 2.75 bits per heavy atom. The van der Waals surface area contributed by atoms with Gasteiger partial charge in [0.15, 0.2) is 0 Å². The Labute approximate surface area is 102 Å². The Morgan fingerprint density at radius 1 is 1.31 bits per heavy atom. The van der Waals surface area contributed by atoms with E-state index in [1.807, 2.05) is 12.1 Å². The van der Waals surface area contributed by atoms with Gasteiger partial charge in [0.25, 0.3) is 0 Å². The van der Waals surface area contributed by atoms with Crippen molar-refractivity contribution >= 4 is 23.0 Å². The molecule has 2 atom stereocenters. The zero-order valence-corrected chi connectivity index (χ0v) is 10.4. The normalized spacial score (nSPS) is 25.4. The van der Waals surface area contributed by atoms with Crippen LogP contribution in [0.15, 0.2) is 18.2 Å². The van der Waals surface area contributed by atoms with Crippen molar-refractivity contribution < 1.29 is 0 Å². The largest absolute Gasteiger partial charge is 0.399 e. The van der Waals surface area contributed by atoms with Gasteiger partial charge in [0, 0.05) is 11.7 Å². The van der Waals surface area contributed by atoms with Gasteiger partial charge >= 0.3 is 0 Å². The van der Waals surface area contributed by atoms with E-state index in [1.54, 1.807) is 6.07 Å². The average molecular weight is 239 g/mol. The number of hydrogen-bond acceptors (Lipinski definition) is 2. The summed E-state index contributed by atoms with van der Waals surface area (Å²) in [6.45, 7) is 2.31. The smallest absolute Gasteiger partial charge is 0.0658 e. The van der Waals surface area contributed by atoms with Crippen LogP contribution in [-0.2, 0) is 0 Å². The summed E-state index contributed by atoms with van der Waals surface area (Å²) in [6, 6.07) is 6.22. The summed E-state index contributed by atoms with van der Waals surface area (Å²) in [5, 5.41) is 4.26. The molecule has 1 fully saturated rings. The van der Waals surface area contributed by atoms with Crippen molar-refractivity contribution in [2.45, 2.75) is 38.6 Å². The van der Waals surface area contributed by atoms with E-state index in [0.29, 0.717) is 11.7 Å². The number of rotatable bonds is 2. The Bertz CT molecular complexity index is 365. The lowest BCUT2D eigenvalue weighted by atomic mass is 9.86. The predicted octanol–water partition coefficient (Wildman–Crippen LogP) is 3.91. The lowest BCUT2D eigenvalue weighted by molar-refractivity contribution is 0.349. The standard InChI is InChI=1S/C13H19ClN2/c1-9-4-2-3-5-12(9)16-13-7-6-10(15)8-11(13)14/h6-9,12,16H,2-5,15H2,1H3/t9-,12+/m0/s1. The number of halogens is 1. The summed E-state index contributed by atoms with van der Waals surface area (Å²) in [4.78, 5) is 0. The molecular formula is C13H19ClN2. The molecule has 2 nitrogen and oxygen atoms in total. The highest BCUT2D eigenvalue weighted by Crippen LogP contribution is 2.30. The van der Waals surface area contributed by atoms with Crippen LogP contribution in [0.2, 0.25) is 5.02 Å². The van der Waals surface area contributed by atoms with Crippen molar-refractivity contribution in [1.29, 1.82) is 0 Å². The fourth-order valence-corrected chi connectivity index (χ4v) is 2.62. The summed E-state index contributed by atoms with van der Waals surface area (Å²) in [7, 11) is 0. The maximum Gasteiger partial charge on any atom is 0.0658 e. The fourth-order valence-electron chi connectivity index (χ4n) is 2.38. The summed E-state index contributed by atoms with van der Waals surface area (Å²) in [5.41, 5.74) is 7.40. The van der Waals surface area contributed by atoms with E-state index >= 15 is 0 Å². The highest BCUT2D eigenvalue weighted by Gasteiger charge is 2.21. The van der Waals surface area contributed by atoms with E-state index in [9.17, 15) is 0 Å². The van der Waals surface area contributed by atoms with Crippen LogP contribution in [0.25, 0.3) is 0 Å². The molecule has 2 rings (SSSR count). The van der Waals surface area contributed by atoms with Gasteiger partial charge in [0.1, 0.15) is 0 Å². The van der Waals surface area contributed by atoms with Crippen molar-refractivity contribution in [3.8, 4) is 0 Å². The van der Waals surface area contributed by atoms with Gasteiger partial charge in [0.05, 0.1) is 10.7 Å². The van der Waals surface area contributed by atoms with Crippen molar-refractivity contribution in [1.82, 2.24) is 0 Å². The predicted molar refractivity (Wildman–Crippen MR) is 70.9 cm³/mol. The molecular weight excluding hydrogens is 220 g/mol. The summed E-state index contributed by atoms with van der Waals surface area (Å²) in [5.74, 6) is 0.724. The molecule has 0 spiro atoms. The Morgan fingerprint density at radius 2 is 2.06 bits per heavy atom. The molecule has 88 valence electrons. The zero-order chi connectivity index (χ0) is 11.5. The molecule has 0 amide bonds. The molecule has 3 heteroatoms. The Balaban J connectivity index is 2.07. The van der Waals surface area contributed by atoms with Gasteiger partial charge in [-0.2, -0.15) is 0 Å². The van der Waals surface area contributed by atoms with Gasteiger partial charge in [-0.1, -0.05) is 31.4 Å². The minimum Gasteiger partial charge on any atom is -0.399 e. The van der Waals surface area contributed by atoms with Gasteiger partial charge in [0.2, 0.25) is 0 Å². The number of nitrogen functional groups attached to an aromatic ring is 1. The molecule has 1 aromatic carbocycles. The molecule has 3 N–H and O–H groups in total. The first-order valence-corrected chi connectivity index (χ1v) is 6.36. The topological polar surface area (TPSA) is 38.0 Å². The molecule has 1 aliphatic carbocycles. The highest BCUT2D eigenvalue weighted by atomic mass is 35.5. The van der Waals surface area contributed by atoms with Crippen LogP contribution in [0.3, 0.4) is 0 Å². The fraction of sp³-hybridized carbons (Fsp3) is 0.538. The van der Waals surface area contributed by atoms with Crippen molar-refractivity contribution in [3.63, 3.8) is 0 Å². The van der Waals surface area contributed by atoms with Crippen molar-refractivity contribution in [2.24, 2.45) is 5.92 Å². The second kappa shape index (κ2) is 4.96. The van der Waals surface area contributed by atoms with Gasteiger partial charge in [-0.15, -0.1) is 0 Å². The SMILES string of the molecule is C[C@H]1CCCC[C@H]1Nc1ccc(N)cc1Cl. The van der Waals surface area contributed by atoms with Crippen LogP contribution >= 0.6 is 11.6 Å². The van der Waals surface area contributed by atoms with Crippen LogP contribution < -0.4 is 11.1 Å². The molecule has 1 aromatic rings. The van der Waals surface area contributed by atoms with Crippen molar-refractivity contribution in [2.75, 3.05) is 11.1 Å². The molecule has 0 bridgehead atoms. The number of nitrogens with two attached hydrogens (primary N) is 1. The minimum absolute atomic E-state index is 0.551. The van der Waals surface area contributed by atoms with E-state index in [4.69, 9.17) is 17.3 Å². The first kappa shape index (κ1) is 11.6. The first-order valence-electron chi connectivity index (χ1n) is 5.98. The molecule has 0 radical (unpaired) electrons. The minimum atomic E-state index is 0.551. The van der Waals surface area contributed by atoms with Crippen LogP contribution in [0.5, 0.6) is 0 Å². The van der Waals surface area contributed by atoms with E-state index < -0.39 is 0 Å². The Hall–Kier alpha value is -0.890. The van der Waals surface area contributed by atoms with Gasteiger partial charge < -0.3 is 11.1 Å². The second-order valence-electron chi connectivity index (χ2n) is 4.75. The Kier molecular flexibility index (Phi) is 3.59. The van der Waals surface area contributed by atoms with Crippen LogP contribution in [0, 0.1) is 5.92 Å². The third kappa shape index (κ3) is 2.62. The third-order valence-electron chi connectivity index (χ3n) is 3.45. The number of benzene rings is 1. The summed E-state index contributed by atoms with van der Waals surface area (Å²) < 4.78 is 0. The van der Waals surface area contributed by atoms with Crippen molar-refractivity contribution in [3.05, 3.63) is 23.2 Å². The maximum absolute atomic E-state index is 6.15. The number of nitrogens with one attached hydrogen (secondary N) is 1. The van der Waals surface area contributed by atoms with Gasteiger partial charge in [-0.25, -0.2) is 0 Å². The van der Waals surface area contributed by atoms with E-state index in [0.717, 1.165) is 16.6 Å². The molecule has 16 heavy (non-hydrogen) atoms. The van der Waals surface area contributed by atoms with E-state index in [-0.39, 0.29) is 0 Å². The van der Waals surface area contributed by atoms with E-state index in [1.165, 1.54) is 25.7 Å². The third-order valence-corrected chi connectivity index (χ3v) is 3.76. The molecule has 0 aromatic heterocycles. The lowest BCUT2D eigenvalue weighted by Crippen LogP contribution is -2.30. The summed E-state index contributed by atoms with van der Waals surface area (Å²) >= 11 is 6.15. The maximum atomic E-state index is 6.15. The van der Waals surface area contributed by atoms with Crippen LogP contribution in [-0.4, -0.2) is 6.04 Å². The number of hydrogen-bond donors (Lipinski definition) is 2. The van der Waals surface area contributed by atoms with Crippen LogP contribution in [0.1, 0.15) is 32.6 Å². The lowest BCUT2D eigenvalue weighted by Gasteiger charge is -2.30. The molecule has 1 aliphatic rings. The van der Waals surface area contributed by atoms with E-state index in [2.05, 4.69) is 12.2 Å². The van der Waals surface area contributed by atoms with Gasteiger partial charge in [-0.05, 0) is 37.0 Å². The molecule has 0 unspecified atom stereocenters. The first-order chi connectivity index (χ1) is 7.66. The summed E-state index contributed by atoms with van der Waals surface area (Å²) in [6.07, 6.45) is 5.22. The monoisotopic (exact) mass is 238 g/mol. The molecule has 0 saturated heterocycles. The molecule has 0 heterocycles.